The minimum absolute atomic E-state index is 0.407. The topological polar surface area (TPSA) is 12.5 Å². The predicted molar refractivity (Wildman–Crippen MR) is 51.0 cm³/mol. The van der Waals surface area contributed by atoms with Crippen LogP contribution in [0.4, 0.5) is 0 Å². The Hall–Kier alpha value is -0.500. The lowest BCUT2D eigenvalue weighted by Crippen LogP contribution is -2.29. The van der Waals surface area contributed by atoms with E-state index in [2.05, 4.69) is 25.3 Å². The molecule has 0 saturated carbocycles. The van der Waals surface area contributed by atoms with Crippen molar-refractivity contribution in [1.29, 1.82) is 0 Å². The zero-order valence-corrected chi connectivity index (χ0v) is 8.18. The molecule has 1 heterocycles. The number of rotatable bonds is 2. The lowest BCUT2D eigenvalue weighted by atomic mass is 10.2. The number of hydrogen-bond donors (Lipinski definition) is 0. The van der Waals surface area contributed by atoms with Crippen molar-refractivity contribution < 1.29 is 4.74 Å². The predicted octanol–water partition coefficient (Wildman–Crippen LogP) is 2.02. The first-order chi connectivity index (χ1) is 5.74. The van der Waals surface area contributed by atoms with Crippen molar-refractivity contribution in [3.05, 3.63) is 12.3 Å². The van der Waals surface area contributed by atoms with Gasteiger partial charge in [-0.2, -0.15) is 0 Å². The van der Waals surface area contributed by atoms with Gasteiger partial charge in [0, 0.05) is 25.4 Å². The van der Waals surface area contributed by atoms with Gasteiger partial charge in [0.15, 0.2) is 0 Å². The maximum Gasteiger partial charge on any atom is 0.0747 e. The first-order valence-electron chi connectivity index (χ1n) is 4.76. The van der Waals surface area contributed by atoms with E-state index in [1.807, 2.05) is 0 Å². The number of nitrogens with zero attached hydrogens (tertiary/aromatic N) is 1. The lowest BCUT2D eigenvalue weighted by Gasteiger charge is -2.24. The average Bonchev–Trinajstić information content (AvgIpc) is 2.28. The molecule has 0 aliphatic carbocycles. The van der Waals surface area contributed by atoms with Crippen LogP contribution in [0.25, 0.3) is 0 Å². The van der Waals surface area contributed by atoms with E-state index < -0.39 is 0 Å². The monoisotopic (exact) mass is 169 g/mol. The standard InChI is InChI=1S/C10H19NO/c1-4-10-8-11(9(2)3)6-5-7-12-10/h10H,2,4-8H2,1,3H3. The molecule has 0 aromatic heterocycles. The van der Waals surface area contributed by atoms with Crippen LogP contribution in [0.2, 0.25) is 0 Å². The van der Waals surface area contributed by atoms with Crippen LogP contribution in [0.15, 0.2) is 12.3 Å². The highest BCUT2D eigenvalue weighted by Crippen LogP contribution is 2.11. The minimum Gasteiger partial charge on any atom is -0.376 e. The normalized spacial score (nSPS) is 25.2. The zero-order valence-electron chi connectivity index (χ0n) is 8.18. The second-order valence-corrected chi connectivity index (χ2v) is 3.44. The molecule has 1 rings (SSSR count). The van der Waals surface area contributed by atoms with Crippen LogP contribution < -0.4 is 0 Å². The van der Waals surface area contributed by atoms with E-state index in [0.717, 1.165) is 32.5 Å². The van der Waals surface area contributed by atoms with Crippen LogP contribution >= 0.6 is 0 Å². The summed E-state index contributed by atoms with van der Waals surface area (Å²) in [7, 11) is 0. The van der Waals surface area contributed by atoms with Gasteiger partial charge in [0.2, 0.25) is 0 Å². The zero-order chi connectivity index (χ0) is 8.97. The van der Waals surface area contributed by atoms with Gasteiger partial charge in [-0.15, -0.1) is 0 Å². The average molecular weight is 169 g/mol. The number of allylic oxidation sites excluding steroid dienone is 1. The van der Waals surface area contributed by atoms with E-state index in [0.29, 0.717) is 6.10 Å². The van der Waals surface area contributed by atoms with Crippen molar-refractivity contribution in [3.8, 4) is 0 Å². The molecule has 0 aromatic carbocycles. The van der Waals surface area contributed by atoms with Crippen LogP contribution in [0, 0.1) is 0 Å². The number of hydrogen-bond acceptors (Lipinski definition) is 2. The fourth-order valence-electron chi connectivity index (χ4n) is 1.49. The second-order valence-electron chi connectivity index (χ2n) is 3.44. The highest BCUT2D eigenvalue weighted by Gasteiger charge is 2.15. The summed E-state index contributed by atoms with van der Waals surface area (Å²) in [6, 6.07) is 0. The van der Waals surface area contributed by atoms with Gasteiger partial charge in [-0.1, -0.05) is 13.5 Å². The summed E-state index contributed by atoms with van der Waals surface area (Å²) < 4.78 is 5.65. The van der Waals surface area contributed by atoms with E-state index in [-0.39, 0.29) is 0 Å². The summed E-state index contributed by atoms with van der Waals surface area (Å²) in [6.45, 7) is 11.2. The van der Waals surface area contributed by atoms with Gasteiger partial charge in [-0.05, 0) is 19.8 Å². The SMILES string of the molecule is C=C(C)N1CCCOC(CC)C1. The summed E-state index contributed by atoms with van der Waals surface area (Å²) in [5, 5.41) is 0. The molecule has 0 amide bonds. The van der Waals surface area contributed by atoms with Crippen LogP contribution in [0.3, 0.4) is 0 Å². The summed E-state index contributed by atoms with van der Waals surface area (Å²) in [5.74, 6) is 0. The minimum atomic E-state index is 0.407. The van der Waals surface area contributed by atoms with Crippen molar-refractivity contribution in [2.75, 3.05) is 19.7 Å². The van der Waals surface area contributed by atoms with Gasteiger partial charge >= 0.3 is 0 Å². The van der Waals surface area contributed by atoms with Gasteiger partial charge < -0.3 is 9.64 Å². The summed E-state index contributed by atoms with van der Waals surface area (Å²) in [4.78, 5) is 2.32. The Balaban J connectivity index is 2.47. The van der Waals surface area contributed by atoms with Gasteiger partial charge in [0.1, 0.15) is 0 Å². The van der Waals surface area contributed by atoms with Gasteiger partial charge in [0.25, 0.3) is 0 Å². The molecule has 2 heteroatoms. The molecule has 2 nitrogen and oxygen atoms in total. The first kappa shape index (κ1) is 9.59. The molecule has 12 heavy (non-hydrogen) atoms. The molecular formula is C10H19NO. The molecule has 1 aliphatic heterocycles. The molecule has 1 atom stereocenters. The van der Waals surface area contributed by atoms with Gasteiger partial charge in [-0.3, -0.25) is 0 Å². The van der Waals surface area contributed by atoms with Crippen molar-refractivity contribution in [3.63, 3.8) is 0 Å². The third-order valence-corrected chi connectivity index (χ3v) is 2.35. The van der Waals surface area contributed by atoms with Crippen molar-refractivity contribution in [2.24, 2.45) is 0 Å². The molecule has 0 bridgehead atoms. The van der Waals surface area contributed by atoms with Crippen LogP contribution in [0.1, 0.15) is 26.7 Å². The third kappa shape index (κ3) is 2.52. The first-order valence-corrected chi connectivity index (χ1v) is 4.76. The Labute approximate surface area is 75.2 Å². The molecular weight excluding hydrogens is 150 g/mol. The lowest BCUT2D eigenvalue weighted by molar-refractivity contribution is 0.0557. The molecule has 1 aliphatic rings. The van der Waals surface area contributed by atoms with Crippen LogP contribution in [-0.2, 0) is 4.74 Å². The summed E-state index contributed by atoms with van der Waals surface area (Å²) in [5.41, 5.74) is 1.17. The summed E-state index contributed by atoms with van der Waals surface area (Å²) in [6.07, 6.45) is 2.64. The largest absolute Gasteiger partial charge is 0.376 e. The maximum atomic E-state index is 5.65. The molecule has 1 saturated heterocycles. The fourth-order valence-corrected chi connectivity index (χ4v) is 1.49. The summed E-state index contributed by atoms with van der Waals surface area (Å²) >= 11 is 0. The molecule has 0 aromatic rings. The van der Waals surface area contributed by atoms with Crippen molar-refractivity contribution in [2.45, 2.75) is 32.8 Å². The highest BCUT2D eigenvalue weighted by atomic mass is 16.5. The Morgan fingerprint density at radius 1 is 1.67 bits per heavy atom. The molecule has 70 valence electrons. The van der Waals surface area contributed by atoms with E-state index >= 15 is 0 Å². The maximum absolute atomic E-state index is 5.65. The Kier molecular flexibility index (Phi) is 3.60. The van der Waals surface area contributed by atoms with Crippen LogP contribution in [-0.4, -0.2) is 30.7 Å². The van der Waals surface area contributed by atoms with E-state index in [9.17, 15) is 0 Å². The fraction of sp³-hybridized carbons (Fsp3) is 0.800. The van der Waals surface area contributed by atoms with Gasteiger partial charge in [0.05, 0.1) is 6.10 Å². The third-order valence-electron chi connectivity index (χ3n) is 2.35. The molecule has 1 fully saturated rings. The Bertz CT molecular complexity index is 156. The Morgan fingerprint density at radius 2 is 2.42 bits per heavy atom. The second kappa shape index (κ2) is 4.51. The highest BCUT2D eigenvalue weighted by molar-refractivity contribution is 4.90. The van der Waals surface area contributed by atoms with Gasteiger partial charge in [-0.25, -0.2) is 0 Å². The van der Waals surface area contributed by atoms with E-state index in [4.69, 9.17) is 4.74 Å². The molecule has 0 radical (unpaired) electrons. The quantitative estimate of drug-likeness (QED) is 0.627. The molecule has 0 spiro atoms. The van der Waals surface area contributed by atoms with E-state index in [1.54, 1.807) is 0 Å². The molecule has 0 N–H and O–H groups in total. The molecule has 1 unspecified atom stereocenters. The van der Waals surface area contributed by atoms with E-state index in [1.165, 1.54) is 5.70 Å². The number of ether oxygens (including phenoxy) is 1. The Morgan fingerprint density at radius 3 is 3.00 bits per heavy atom. The van der Waals surface area contributed by atoms with Crippen molar-refractivity contribution >= 4 is 0 Å². The smallest absolute Gasteiger partial charge is 0.0747 e. The van der Waals surface area contributed by atoms with Crippen molar-refractivity contribution in [1.82, 2.24) is 4.90 Å². The van der Waals surface area contributed by atoms with Crippen LogP contribution in [0.5, 0.6) is 0 Å².